The van der Waals surface area contributed by atoms with Crippen LogP contribution in [0.4, 0.5) is 4.39 Å². The van der Waals surface area contributed by atoms with Gasteiger partial charge in [-0.25, -0.2) is 4.39 Å². The number of benzene rings is 1. The number of halogens is 1. The number of nitrogens with zero attached hydrogens (tertiary/aromatic N) is 1. The van der Waals surface area contributed by atoms with Crippen LogP contribution in [-0.4, -0.2) is 44.0 Å². The van der Waals surface area contributed by atoms with Crippen LogP contribution in [0.3, 0.4) is 0 Å². The molecule has 21 heavy (non-hydrogen) atoms. The monoisotopic (exact) mass is 333 g/mol. The maximum absolute atomic E-state index is 13.8. The second-order valence-corrected chi connectivity index (χ2v) is 6.70. The molecule has 0 aromatic heterocycles. The number of hydrogen-bond donors (Lipinski definition) is 2. The van der Waals surface area contributed by atoms with Crippen LogP contribution in [0.15, 0.2) is 18.2 Å². The van der Waals surface area contributed by atoms with Crippen LogP contribution in [0.2, 0.25) is 0 Å². The van der Waals surface area contributed by atoms with E-state index >= 15 is 0 Å². The lowest BCUT2D eigenvalue weighted by Crippen LogP contribution is -2.46. The zero-order chi connectivity index (χ0) is 15.5. The zero-order valence-electron chi connectivity index (χ0n) is 11.2. The fraction of sp³-hybridized carbons (Fsp3) is 0.417. The van der Waals surface area contributed by atoms with Gasteiger partial charge in [-0.05, 0) is 6.07 Å². The summed E-state index contributed by atoms with van der Waals surface area (Å²) in [5.74, 6) is -0.551. The molecule has 2 rings (SSSR count). The van der Waals surface area contributed by atoms with Crippen LogP contribution in [0, 0.1) is 5.82 Å². The van der Waals surface area contributed by atoms with Crippen LogP contribution in [-0.2, 0) is 21.5 Å². The Kier molecular flexibility index (Phi) is 5.22. The summed E-state index contributed by atoms with van der Waals surface area (Å²) in [5, 5.41) is 0. The first-order valence-corrected chi connectivity index (χ1v) is 8.16. The van der Waals surface area contributed by atoms with E-state index in [1.54, 1.807) is 6.07 Å². The molecule has 0 unspecified atom stereocenters. The number of nitrogens with one attached hydrogen (secondary N) is 1. The third-order valence-electron chi connectivity index (χ3n) is 3.09. The number of hydrogen-bond acceptors (Lipinski definition) is 4. The van der Waals surface area contributed by atoms with E-state index in [-0.39, 0.29) is 30.2 Å². The molecule has 0 radical (unpaired) electrons. The first-order valence-electron chi connectivity index (χ1n) is 6.31. The van der Waals surface area contributed by atoms with Crippen molar-refractivity contribution in [3.8, 4) is 0 Å². The third kappa shape index (κ3) is 4.17. The van der Waals surface area contributed by atoms with Gasteiger partial charge < -0.3 is 10.5 Å². The van der Waals surface area contributed by atoms with Crippen LogP contribution in [0.25, 0.3) is 0 Å². The summed E-state index contributed by atoms with van der Waals surface area (Å²) in [6.45, 7) is 1.16. The third-order valence-corrected chi connectivity index (χ3v) is 4.88. The summed E-state index contributed by atoms with van der Waals surface area (Å²) in [6, 6.07) is 4.22. The van der Waals surface area contributed by atoms with E-state index < -0.39 is 16.0 Å². The van der Waals surface area contributed by atoms with E-state index in [1.807, 2.05) is 0 Å². The molecule has 3 N–H and O–H groups in total. The van der Waals surface area contributed by atoms with Gasteiger partial charge in [0.25, 0.3) is 10.2 Å². The Bertz CT molecular complexity index is 631. The predicted molar refractivity (Wildman–Crippen MR) is 80.4 cm³/mol. The van der Waals surface area contributed by atoms with Gasteiger partial charge in [0, 0.05) is 30.8 Å². The molecule has 0 bridgehead atoms. The number of rotatable bonds is 5. The van der Waals surface area contributed by atoms with Crippen molar-refractivity contribution in [2.24, 2.45) is 5.73 Å². The number of nitrogens with two attached hydrogens (primary N) is 1. The second-order valence-electron chi connectivity index (χ2n) is 4.51. The van der Waals surface area contributed by atoms with Gasteiger partial charge >= 0.3 is 0 Å². The van der Waals surface area contributed by atoms with E-state index in [2.05, 4.69) is 4.72 Å². The van der Waals surface area contributed by atoms with Gasteiger partial charge in [-0.3, -0.25) is 0 Å². The summed E-state index contributed by atoms with van der Waals surface area (Å²) in [4.78, 5) is 0.0920. The molecule has 1 aromatic carbocycles. The minimum Gasteiger partial charge on any atom is -0.389 e. The Labute approximate surface area is 128 Å². The molecule has 0 saturated carbocycles. The van der Waals surface area contributed by atoms with Gasteiger partial charge in [0.15, 0.2) is 0 Å². The number of morpholine rings is 1. The van der Waals surface area contributed by atoms with Crippen LogP contribution in [0.1, 0.15) is 11.1 Å². The molecule has 1 aliphatic heterocycles. The van der Waals surface area contributed by atoms with Crippen molar-refractivity contribution in [3.63, 3.8) is 0 Å². The van der Waals surface area contributed by atoms with E-state index in [0.29, 0.717) is 18.8 Å². The van der Waals surface area contributed by atoms with Crippen LogP contribution >= 0.6 is 12.2 Å². The zero-order valence-corrected chi connectivity index (χ0v) is 12.8. The molecule has 116 valence electrons. The normalized spacial score (nSPS) is 16.8. The average Bonchev–Trinajstić information content (AvgIpc) is 2.46. The number of thiocarbonyl (C=S) groups is 1. The van der Waals surface area contributed by atoms with Crippen molar-refractivity contribution in [1.82, 2.24) is 9.03 Å². The van der Waals surface area contributed by atoms with Crippen molar-refractivity contribution >= 4 is 27.4 Å². The van der Waals surface area contributed by atoms with Gasteiger partial charge in [-0.2, -0.15) is 17.4 Å². The van der Waals surface area contributed by atoms with E-state index in [1.165, 1.54) is 16.4 Å². The van der Waals surface area contributed by atoms with Crippen LogP contribution < -0.4 is 10.5 Å². The summed E-state index contributed by atoms with van der Waals surface area (Å²) in [7, 11) is -3.64. The lowest BCUT2D eigenvalue weighted by atomic mass is 10.1. The minimum absolute atomic E-state index is 0.0920. The summed E-state index contributed by atoms with van der Waals surface area (Å²) in [6.07, 6.45) is 0. The minimum atomic E-state index is -3.64. The van der Waals surface area contributed by atoms with Crippen molar-refractivity contribution in [2.45, 2.75) is 6.54 Å². The molecule has 1 aliphatic rings. The van der Waals surface area contributed by atoms with Crippen molar-refractivity contribution in [1.29, 1.82) is 0 Å². The maximum Gasteiger partial charge on any atom is 0.279 e. The molecule has 0 aliphatic carbocycles. The Balaban J connectivity index is 2.03. The van der Waals surface area contributed by atoms with Gasteiger partial charge in [0.1, 0.15) is 10.8 Å². The first-order chi connectivity index (χ1) is 9.90. The van der Waals surface area contributed by atoms with E-state index in [4.69, 9.17) is 22.7 Å². The van der Waals surface area contributed by atoms with Gasteiger partial charge in [-0.1, -0.05) is 24.4 Å². The van der Waals surface area contributed by atoms with Gasteiger partial charge in [0.05, 0.1) is 13.2 Å². The average molecular weight is 333 g/mol. The number of ether oxygens (including phenoxy) is 1. The van der Waals surface area contributed by atoms with Crippen molar-refractivity contribution in [2.75, 3.05) is 26.3 Å². The topological polar surface area (TPSA) is 84.7 Å². The summed E-state index contributed by atoms with van der Waals surface area (Å²) >= 11 is 4.76. The molecular formula is C12H16FN3O3S2. The fourth-order valence-corrected chi connectivity index (χ4v) is 3.17. The molecule has 0 amide bonds. The molecule has 1 aromatic rings. The second kappa shape index (κ2) is 6.75. The lowest BCUT2D eigenvalue weighted by molar-refractivity contribution is 0.0724. The van der Waals surface area contributed by atoms with Crippen LogP contribution in [0.5, 0.6) is 0 Å². The Morgan fingerprint density at radius 1 is 1.43 bits per heavy atom. The van der Waals surface area contributed by atoms with Crippen molar-refractivity contribution in [3.05, 3.63) is 35.1 Å². The molecule has 1 fully saturated rings. The Morgan fingerprint density at radius 2 is 2.10 bits per heavy atom. The van der Waals surface area contributed by atoms with Crippen molar-refractivity contribution < 1.29 is 17.5 Å². The quantitative estimate of drug-likeness (QED) is 0.748. The highest BCUT2D eigenvalue weighted by molar-refractivity contribution is 7.87. The molecule has 9 heteroatoms. The highest BCUT2D eigenvalue weighted by atomic mass is 32.2. The Morgan fingerprint density at radius 3 is 2.67 bits per heavy atom. The maximum atomic E-state index is 13.8. The highest BCUT2D eigenvalue weighted by Gasteiger charge is 2.24. The summed E-state index contributed by atoms with van der Waals surface area (Å²) in [5.41, 5.74) is 6.04. The lowest BCUT2D eigenvalue weighted by Gasteiger charge is -2.26. The molecular weight excluding hydrogens is 317 g/mol. The van der Waals surface area contributed by atoms with E-state index in [0.717, 1.165) is 0 Å². The smallest absolute Gasteiger partial charge is 0.279 e. The largest absolute Gasteiger partial charge is 0.389 e. The fourth-order valence-electron chi connectivity index (χ4n) is 1.89. The molecule has 6 nitrogen and oxygen atoms in total. The standard InChI is InChI=1S/C12H16FN3O3S2/c13-11-7-9(12(14)20)1-2-10(11)8-15-21(17,18)16-3-5-19-6-4-16/h1-2,7,15H,3-6,8H2,(H2,14,20). The molecule has 1 heterocycles. The van der Waals surface area contributed by atoms with Gasteiger partial charge in [-0.15, -0.1) is 0 Å². The Hall–Kier alpha value is -1.13. The first kappa shape index (κ1) is 16.2. The SMILES string of the molecule is NC(=S)c1ccc(CNS(=O)(=O)N2CCOCC2)c(F)c1. The molecule has 1 saturated heterocycles. The van der Waals surface area contributed by atoms with Gasteiger partial charge in [0.2, 0.25) is 0 Å². The summed E-state index contributed by atoms with van der Waals surface area (Å²) < 4.78 is 46.7. The highest BCUT2D eigenvalue weighted by Crippen LogP contribution is 2.12. The predicted octanol–water partition coefficient (Wildman–Crippen LogP) is 0.127. The molecule has 0 atom stereocenters. The van der Waals surface area contributed by atoms with E-state index in [9.17, 15) is 12.8 Å². The molecule has 0 spiro atoms.